The number of thiazole rings is 1. The van der Waals surface area contributed by atoms with Crippen LogP contribution in [0.4, 0.5) is 5.13 Å². The number of anilines is 1. The summed E-state index contributed by atoms with van der Waals surface area (Å²) in [5, 5.41) is 3.64. The van der Waals surface area contributed by atoms with Gasteiger partial charge >= 0.3 is 0 Å². The number of carbonyl (C=O) groups is 2. The van der Waals surface area contributed by atoms with Crippen LogP contribution in [0, 0.1) is 5.92 Å². The van der Waals surface area contributed by atoms with Crippen molar-refractivity contribution >= 4 is 28.3 Å². The molecule has 0 saturated carbocycles. The van der Waals surface area contributed by atoms with Crippen molar-refractivity contribution in [2.24, 2.45) is 5.92 Å². The van der Waals surface area contributed by atoms with Crippen molar-refractivity contribution in [3.05, 3.63) is 10.6 Å². The van der Waals surface area contributed by atoms with Crippen molar-refractivity contribution in [3.8, 4) is 0 Å². The van der Waals surface area contributed by atoms with Gasteiger partial charge in [0.1, 0.15) is 0 Å². The van der Waals surface area contributed by atoms with E-state index in [-0.39, 0.29) is 11.8 Å². The maximum Gasteiger partial charge on any atom is 0.226 e. The third kappa shape index (κ3) is 5.80. The average molecular weight is 366 g/mol. The average Bonchev–Trinajstić information content (AvgIpc) is 2.97. The fraction of sp³-hybridized carbons (Fsp3) is 0.737. The van der Waals surface area contributed by atoms with E-state index in [4.69, 9.17) is 0 Å². The number of amides is 2. The zero-order valence-corrected chi connectivity index (χ0v) is 16.6. The fourth-order valence-electron chi connectivity index (χ4n) is 3.47. The first-order valence-corrected chi connectivity index (χ1v) is 10.4. The van der Waals surface area contributed by atoms with Gasteiger partial charge < -0.3 is 10.2 Å². The normalized spacial score (nSPS) is 16.4. The van der Waals surface area contributed by atoms with Crippen LogP contribution >= 0.6 is 11.3 Å². The van der Waals surface area contributed by atoms with E-state index in [2.05, 4.69) is 17.2 Å². The van der Waals surface area contributed by atoms with Gasteiger partial charge in [0.2, 0.25) is 11.8 Å². The predicted molar refractivity (Wildman–Crippen MR) is 103 cm³/mol. The SMILES string of the molecule is CCCC1CCc2nc(NC(=O)CCCC(=O)N(CC)CC)sc2C1. The molecular weight excluding hydrogens is 334 g/mol. The Morgan fingerprint density at radius 3 is 2.68 bits per heavy atom. The number of carbonyl (C=O) groups excluding carboxylic acids is 2. The second-order valence-corrected chi connectivity index (χ2v) is 7.84. The van der Waals surface area contributed by atoms with Crippen LogP contribution in [0.15, 0.2) is 0 Å². The lowest BCUT2D eigenvalue weighted by molar-refractivity contribution is -0.130. The summed E-state index contributed by atoms with van der Waals surface area (Å²) >= 11 is 1.63. The van der Waals surface area contributed by atoms with Crippen LogP contribution in [0.2, 0.25) is 0 Å². The maximum atomic E-state index is 12.1. The molecule has 1 aliphatic rings. The minimum atomic E-state index is -0.0384. The molecule has 25 heavy (non-hydrogen) atoms. The molecule has 1 aliphatic carbocycles. The van der Waals surface area contributed by atoms with E-state index in [9.17, 15) is 9.59 Å². The summed E-state index contributed by atoms with van der Waals surface area (Å²) in [6.45, 7) is 7.64. The first-order chi connectivity index (χ1) is 12.1. The number of hydrogen-bond donors (Lipinski definition) is 1. The van der Waals surface area contributed by atoms with Crippen LogP contribution < -0.4 is 5.32 Å². The Bertz CT molecular complexity index is 581. The van der Waals surface area contributed by atoms with Gasteiger partial charge in [-0.2, -0.15) is 0 Å². The zero-order chi connectivity index (χ0) is 18.2. The summed E-state index contributed by atoms with van der Waals surface area (Å²) in [5.41, 5.74) is 1.17. The molecule has 2 rings (SSSR count). The van der Waals surface area contributed by atoms with Gasteiger partial charge in [-0.1, -0.05) is 19.8 Å². The number of nitrogens with one attached hydrogen (secondary N) is 1. The van der Waals surface area contributed by atoms with Gasteiger partial charge in [0, 0.05) is 30.8 Å². The Morgan fingerprint density at radius 1 is 1.24 bits per heavy atom. The fourth-order valence-corrected chi connectivity index (χ4v) is 4.61. The molecule has 6 heteroatoms. The molecule has 1 aromatic rings. The van der Waals surface area contributed by atoms with Crippen molar-refractivity contribution < 1.29 is 9.59 Å². The summed E-state index contributed by atoms with van der Waals surface area (Å²) in [6.07, 6.45) is 7.25. The highest BCUT2D eigenvalue weighted by Crippen LogP contribution is 2.34. The van der Waals surface area contributed by atoms with Crippen LogP contribution in [0.25, 0.3) is 0 Å². The molecule has 1 atom stereocenters. The molecule has 0 bridgehead atoms. The molecular formula is C19H31N3O2S. The molecule has 1 unspecified atom stereocenters. The van der Waals surface area contributed by atoms with Gasteiger partial charge in [-0.25, -0.2) is 4.98 Å². The minimum Gasteiger partial charge on any atom is -0.343 e. The summed E-state index contributed by atoms with van der Waals surface area (Å²) < 4.78 is 0. The summed E-state index contributed by atoms with van der Waals surface area (Å²) in [6, 6.07) is 0. The molecule has 0 aromatic carbocycles. The largest absolute Gasteiger partial charge is 0.343 e. The number of rotatable bonds is 9. The quantitative estimate of drug-likeness (QED) is 0.719. The van der Waals surface area contributed by atoms with Gasteiger partial charge in [-0.15, -0.1) is 11.3 Å². The molecule has 1 N–H and O–H groups in total. The van der Waals surface area contributed by atoms with Crippen molar-refractivity contribution in [1.29, 1.82) is 0 Å². The maximum absolute atomic E-state index is 12.1. The third-order valence-electron chi connectivity index (χ3n) is 4.90. The number of fused-ring (bicyclic) bond motifs is 1. The number of hydrogen-bond acceptors (Lipinski definition) is 4. The molecule has 0 aliphatic heterocycles. The smallest absolute Gasteiger partial charge is 0.226 e. The Kier molecular flexibility index (Phi) is 7.88. The zero-order valence-electron chi connectivity index (χ0n) is 15.8. The number of nitrogens with zero attached hydrogens (tertiary/aromatic N) is 2. The topological polar surface area (TPSA) is 62.3 Å². The molecule has 0 fully saturated rings. The van der Waals surface area contributed by atoms with Crippen molar-refractivity contribution in [2.45, 2.75) is 72.1 Å². The van der Waals surface area contributed by atoms with E-state index in [1.165, 1.54) is 29.8 Å². The number of aromatic nitrogens is 1. The van der Waals surface area contributed by atoms with Crippen LogP contribution in [0.3, 0.4) is 0 Å². The van der Waals surface area contributed by atoms with Crippen LogP contribution in [0.5, 0.6) is 0 Å². The third-order valence-corrected chi connectivity index (χ3v) is 5.93. The van der Waals surface area contributed by atoms with Crippen molar-refractivity contribution in [1.82, 2.24) is 9.88 Å². The first-order valence-electron chi connectivity index (χ1n) is 9.63. The summed E-state index contributed by atoms with van der Waals surface area (Å²) in [7, 11) is 0. The Morgan fingerprint density at radius 2 is 2.00 bits per heavy atom. The molecule has 2 amide bonds. The van der Waals surface area contributed by atoms with E-state index >= 15 is 0 Å². The van der Waals surface area contributed by atoms with Gasteiger partial charge in [0.05, 0.1) is 5.69 Å². The molecule has 1 aromatic heterocycles. The van der Waals surface area contributed by atoms with E-state index in [0.717, 1.165) is 37.0 Å². The van der Waals surface area contributed by atoms with E-state index in [1.807, 2.05) is 13.8 Å². The first kappa shape index (κ1) is 19.9. The molecule has 1 heterocycles. The van der Waals surface area contributed by atoms with Gasteiger partial charge in [-0.3, -0.25) is 9.59 Å². The highest BCUT2D eigenvalue weighted by molar-refractivity contribution is 7.15. The Balaban J connectivity index is 1.77. The molecule has 0 spiro atoms. The lowest BCUT2D eigenvalue weighted by Gasteiger charge is -2.19. The minimum absolute atomic E-state index is 0.0384. The Labute approximate surface area is 155 Å². The van der Waals surface area contributed by atoms with E-state index < -0.39 is 0 Å². The summed E-state index contributed by atoms with van der Waals surface area (Å²) in [5.74, 6) is 0.862. The van der Waals surface area contributed by atoms with Crippen LogP contribution in [-0.2, 0) is 22.4 Å². The molecule has 0 radical (unpaired) electrons. The monoisotopic (exact) mass is 365 g/mol. The standard InChI is InChI=1S/C19H31N3O2S/c1-4-8-14-11-12-15-16(13-14)25-19(20-15)21-17(23)9-7-10-18(24)22(5-2)6-3/h14H,4-13H2,1-3H3,(H,20,21,23). The van der Waals surface area contributed by atoms with Crippen LogP contribution in [0.1, 0.15) is 69.9 Å². The molecule has 140 valence electrons. The van der Waals surface area contributed by atoms with Crippen molar-refractivity contribution in [2.75, 3.05) is 18.4 Å². The van der Waals surface area contributed by atoms with Crippen LogP contribution in [-0.4, -0.2) is 34.8 Å². The highest BCUT2D eigenvalue weighted by atomic mass is 32.1. The summed E-state index contributed by atoms with van der Waals surface area (Å²) in [4.78, 5) is 31.8. The second-order valence-electron chi connectivity index (χ2n) is 6.75. The lowest BCUT2D eigenvalue weighted by atomic mass is 9.88. The highest BCUT2D eigenvalue weighted by Gasteiger charge is 2.22. The van der Waals surface area contributed by atoms with E-state index in [1.54, 1.807) is 16.2 Å². The molecule has 0 saturated heterocycles. The molecule has 5 nitrogen and oxygen atoms in total. The van der Waals surface area contributed by atoms with Crippen molar-refractivity contribution in [3.63, 3.8) is 0 Å². The van der Waals surface area contributed by atoms with E-state index in [0.29, 0.717) is 19.3 Å². The van der Waals surface area contributed by atoms with Gasteiger partial charge in [-0.05, 0) is 45.4 Å². The second kappa shape index (κ2) is 9.90. The van der Waals surface area contributed by atoms with Gasteiger partial charge in [0.15, 0.2) is 5.13 Å². The van der Waals surface area contributed by atoms with Gasteiger partial charge in [0.25, 0.3) is 0 Å². The lowest BCUT2D eigenvalue weighted by Crippen LogP contribution is -2.30. The Hall–Kier alpha value is -1.43. The predicted octanol–water partition coefficient (Wildman–Crippen LogP) is 4.03. The number of aryl methyl sites for hydroxylation is 1.